The highest BCUT2D eigenvalue weighted by Crippen LogP contribution is 2.35. The Labute approximate surface area is 181 Å². The zero-order valence-corrected chi connectivity index (χ0v) is 17.3. The van der Waals surface area contributed by atoms with Gasteiger partial charge in [0.25, 0.3) is 11.6 Å². The summed E-state index contributed by atoms with van der Waals surface area (Å²) >= 11 is 2.23. The summed E-state index contributed by atoms with van der Waals surface area (Å²) in [7, 11) is 0. The van der Waals surface area contributed by atoms with Crippen molar-refractivity contribution in [3.63, 3.8) is 0 Å². The first-order valence-corrected chi connectivity index (χ1v) is 9.94. The Hall–Kier alpha value is -3.26. The molecule has 142 valence electrons. The Morgan fingerprint density at radius 2 is 1.55 bits per heavy atom. The van der Waals surface area contributed by atoms with E-state index in [0.717, 1.165) is 26.1 Å². The van der Waals surface area contributed by atoms with E-state index < -0.39 is 4.92 Å². The number of rotatable bonds is 4. The van der Waals surface area contributed by atoms with Gasteiger partial charge in [-0.15, -0.1) is 0 Å². The van der Waals surface area contributed by atoms with E-state index in [2.05, 4.69) is 22.6 Å². The molecule has 1 aliphatic rings. The molecule has 0 saturated heterocycles. The first-order chi connectivity index (χ1) is 14.0. The summed E-state index contributed by atoms with van der Waals surface area (Å²) in [6.45, 7) is 0. The molecule has 0 bridgehead atoms. The van der Waals surface area contributed by atoms with Crippen molar-refractivity contribution in [2.45, 2.75) is 0 Å². The Morgan fingerprint density at radius 3 is 2.17 bits per heavy atom. The first kappa shape index (κ1) is 19.1. The molecule has 0 aromatic heterocycles. The Kier molecular flexibility index (Phi) is 5.26. The monoisotopic (exact) mass is 494 g/mol. The number of hydrogen-bond donors (Lipinski definition) is 0. The maximum absolute atomic E-state index is 13.2. The molecule has 3 aromatic rings. The smallest absolute Gasteiger partial charge is 0.269 e. The fraction of sp³-hybridized carbons (Fsp3) is 0. The van der Waals surface area contributed by atoms with Crippen LogP contribution in [0.25, 0.3) is 11.8 Å². The fourth-order valence-corrected chi connectivity index (χ4v) is 3.51. The van der Waals surface area contributed by atoms with Gasteiger partial charge in [-0.2, -0.15) is 0 Å². The predicted octanol–water partition coefficient (Wildman–Crippen LogP) is 5.67. The van der Waals surface area contributed by atoms with Crippen LogP contribution in [-0.4, -0.2) is 10.8 Å². The summed E-state index contributed by atoms with van der Waals surface area (Å²) in [6.07, 6.45) is 3.61. The second kappa shape index (κ2) is 8.00. The maximum Gasteiger partial charge on any atom is 0.269 e. The van der Waals surface area contributed by atoms with Gasteiger partial charge >= 0.3 is 0 Å². The van der Waals surface area contributed by atoms with Gasteiger partial charge in [0.2, 0.25) is 0 Å². The summed E-state index contributed by atoms with van der Waals surface area (Å²) in [5, 5.41) is 10.9. The number of halogens is 1. The molecule has 0 unspecified atom stereocenters. The first-order valence-electron chi connectivity index (χ1n) is 8.86. The second-order valence-corrected chi connectivity index (χ2v) is 7.71. The number of nitro groups is 1. The van der Waals surface area contributed by atoms with Crippen LogP contribution in [0.15, 0.2) is 90.5 Å². The number of nitrogens with zero attached hydrogens (tertiary/aromatic N) is 2. The number of nitro benzene ring substituents is 1. The summed E-state index contributed by atoms with van der Waals surface area (Å²) in [5.74, 6) is -0.136. The van der Waals surface area contributed by atoms with Crippen molar-refractivity contribution in [1.82, 2.24) is 0 Å². The van der Waals surface area contributed by atoms with E-state index in [-0.39, 0.29) is 11.6 Å². The van der Waals surface area contributed by atoms with Crippen LogP contribution in [0.4, 0.5) is 11.4 Å². The molecule has 0 N–H and O–H groups in total. The molecule has 0 spiro atoms. The van der Waals surface area contributed by atoms with Crippen LogP contribution in [0.2, 0.25) is 0 Å². The van der Waals surface area contributed by atoms with Gasteiger partial charge in [-0.3, -0.25) is 19.8 Å². The minimum absolute atomic E-state index is 0.0194. The van der Waals surface area contributed by atoms with E-state index in [1.165, 1.54) is 12.1 Å². The second-order valence-electron chi connectivity index (χ2n) is 6.46. The van der Waals surface area contributed by atoms with Crippen LogP contribution in [0, 0.1) is 13.7 Å². The third-order valence-electron chi connectivity index (χ3n) is 4.56. The largest absolute Gasteiger partial charge is 0.276 e. The summed E-state index contributed by atoms with van der Waals surface area (Å²) in [4.78, 5) is 25.4. The number of hydrogen-bond acceptors (Lipinski definition) is 3. The number of anilines is 1. The molecule has 6 heteroatoms. The van der Waals surface area contributed by atoms with E-state index in [4.69, 9.17) is 0 Å². The molecule has 1 amide bonds. The number of non-ortho nitro benzene ring substituents is 1. The average molecular weight is 494 g/mol. The Morgan fingerprint density at radius 1 is 0.897 bits per heavy atom. The molecule has 3 aromatic carbocycles. The lowest BCUT2D eigenvalue weighted by Gasteiger charge is -2.21. The van der Waals surface area contributed by atoms with Gasteiger partial charge in [-0.1, -0.05) is 30.3 Å². The maximum atomic E-state index is 13.2. The highest BCUT2D eigenvalue weighted by molar-refractivity contribution is 14.1. The summed E-state index contributed by atoms with van der Waals surface area (Å²) in [6, 6.07) is 23.7. The van der Waals surface area contributed by atoms with Gasteiger partial charge in [0.15, 0.2) is 0 Å². The minimum Gasteiger partial charge on any atom is -0.276 e. The lowest BCUT2D eigenvalue weighted by atomic mass is 10.1. The molecular weight excluding hydrogens is 479 g/mol. The lowest BCUT2D eigenvalue weighted by molar-refractivity contribution is -0.384. The van der Waals surface area contributed by atoms with Gasteiger partial charge in [0.05, 0.1) is 10.6 Å². The van der Waals surface area contributed by atoms with Crippen LogP contribution < -0.4 is 4.90 Å². The van der Waals surface area contributed by atoms with Crippen molar-refractivity contribution in [2.24, 2.45) is 0 Å². The number of benzene rings is 3. The summed E-state index contributed by atoms with van der Waals surface area (Å²) in [5.41, 5.74) is 3.79. The molecule has 0 aliphatic carbocycles. The van der Waals surface area contributed by atoms with Crippen LogP contribution in [-0.2, 0) is 4.79 Å². The quantitative estimate of drug-likeness (QED) is 0.203. The van der Waals surface area contributed by atoms with Crippen molar-refractivity contribution in [3.8, 4) is 0 Å². The topological polar surface area (TPSA) is 63.4 Å². The van der Waals surface area contributed by atoms with Gasteiger partial charge in [-0.05, 0) is 82.3 Å². The van der Waals surface area contributed by atoms with Crippen molar-refractivity contribution in [3.05, 3.63) is 115 Å². The van der Waals surface area contributed by atoms with Crippen LogP contribution in [0.5, 0.6) is 0 Å². The highest BCUT2D eigenvalue weighted by atomic mass is 127. The highest BCUT2D eigenvalue weighted by Gasteiger charge is 2.30. The standard InChI is InChI=1S/C23H15IN2O3/c24-19-8-12-20(13-9-19)25-22(17-4-2-1-3-5-17)15-18(23(25)27)14-16-6-10-21(11-7-16)26(28)29/h1-15H. The van der Waals surface area contributed by atoms with Gasteiger partial charge in [-0.25, -0.2) is 0 Å². The predicted molar refractivity (Wildman–Crippen MR) is 122 cm³/mol. The molecule has 0 radical (unpaired) electrons. The van der Waals surface area contributed by atoms with E-state index >= 15 is 0 Å². The number of carbonyl (C=O) groups is 1. The van der Waals surface area contributed by atoms with Gasteiger partial charge in [0.1, 0.15) is 0 Å². The molecule has 4 rings (SSSR count). The number of amides is 1. The van der Waals surface area contributed by atoms with E-state index in [9.17, 15) is 14.9 Å². The van der Waals surface area contributed by atoms with Crippen molar-refractivity contribution in [1.29, 1.82) is 0 Å². The average Bonchev–Trinajstić information content (AvgIpc) is 3.06. The molecule has 0 atom stereocenters. The lowest BCUT2D eigenvalue weighted by Crippen LogP contribution is -2.24. The van der Waals surface area contributed by atoms with E-state index in [1.807, 2.05) is 60.7 Å². The van der Waals surface area contributed by atoms with Crippen LogP contribution in [0.3, 0.4) is 0 Å². The molecule has 5 nitrogen and oxygen atoms in total. The summed E-state index contributed by atoms with van der Waals surface area (Å²) < 4.78 is 1.09. The number of carbonyl (C=O) groups excluding carboxylic acids is 1. The zero-order valence-electron chi connectivity index (χ0n) is 15.2. The minimum atomic E-state index is -0.441. The van der Waals surface area contributed by atoms with Gasteiger partial charge < -0.3 is 0 Å². The SMILES string of the molecule is O=C1C(=Cc2ccc([N+](=O)[O-])cc2)C=C(c2ccccc2)N1c1ccc(I)cc1. The fourth-order valence-electron chi connectivity index (χ4n) is 3.16. The molecular formula is C23H15IN2O3. The van der Waals surface area contributed by atoms with Crippen LogP contribution >= 0.6 is 22.6 Å². The normalized spacial score (nSPS) is 14.9. The van der Waals surface area contributed by atoms with Crippen molar-refractivity contribution >= 4 is 51.6 Å². The van der Waals surface area contributed by atoms with Crippen LogP contribution in [0.1, 0.15) is 11.1 Å². The van der Waals surface area contributed by atoms with Crippen molar-refractivity contribution in [2.75, 3.05) is 4.90 Å². The molecule has 29 heavy (non-hydrogen) atoms. The van der Waals surface area contributed by atoms with Gasteiger partial charge in [0, 0.05) is 27.0 Å². The third kappa shape index (κ3) is 3.97. The Bertz CT molecular complexity index is 1140. The molecule has 1 heterocycles. The van der Waals surface area contributed by atoms with Crippen molar-refractivity contribution < 1.29 is 9.72 Å². The molecule has 1 aliphatic heterocycles. The molecule has 0 fully saturated rings. The molecule has 0 saturated carbocycles. The van der Waals surface area contributed by atoms with E-state index in [1.54, 1.807) is 23.1 Å². The third-order valence-corrected chi connectivity index (χ3v) is 5.28. The zero-order chi connectivity index (χ0) is 20.4. The van der Waals surface area contributed by atoms with E-state index in [0.29, 0.717) is 5.57 Å². The Balaban J connectivity index is 1.77.